The molecular weight excluding hydrogens is 254 g/mol. The van der Waals surface area contributed by atoms with Gasteiger partial charge in [-0.3, -0.25) is 0 Å². The fourth-order valence-corrected chi connectivity index (χ4v) is 3.95. The summed E-state index contributed by atoms with van der Waals surface area (Å²) < 4.78 is 2.35. The third kappa shape index (κ3) is 2.38. The molecule has 2 aromatic rings. The van der Waals surface area contributed by atoms with Crippen molar-refractivity contribution in [3.63, 3.8) is 0 Å². The van der Waals surface area contributed by atoms with E-state index in [2.05, 4.69) is 48.2 Å². The second-order valence-electron chi connectivity index (χ2n) is 6.24. The van der Waals surface area contributed by atoms with Crippen molar-refractivity contribution in [1.29, 1.82) is 0 Å². The van der Waals surface area contributed by atoms with Crippen molar-refractivity contribution in [3.8, 4) is 0 Å². The number of hydrogen-bond acceptors (Lipinski definition) is 3. The van der Waals surface area contributed by atoms with E-state index in [1.54, 1.807) is 0 Å². The van der Waals surface area contributed by atoms with Crippen LogP contribution in [0.2, 0.25) is 0 Å². The molecule has 0 saturated carbocycles. The molecule has 0 radical (unpaired) electrons. The van der Waals surface area contributed by atoms with Gasteiger partial charge in [0, 0.05) is 23.4 Å². The van der Waals surface area contributed by atoms with Gasteiger partial charge in [0.2, 0.25) is 0 Å². The van der Waals surface area contributed by atoms with E-state index in [1.165, 1.54) is 30.2 Å². The maximum absolute atomic E-state index is 4.89. The Bertz CT molecular complexity index is 577. The molecule has 19 heavy (non-hydrogen) atoms. The molecule has 1 aliphatic heterocycles. The van der Waals surface area contributed by atoms with Gasteiger partial charge in [0.15, 0.2) is 5.65 Å². The molecule has 3 rings (SSSR count). The van der Waals surface area contributed by atoms with E-state index in [-0.39, 0.29) is 5.54 Å². The first-order chi connectivity index (χ1) is 9.07. The largest absolute Gasteiger partial charge is 0.307 e. The molecule has 0 aliphatic carbocycles. The molecule has 0 amide bonds. The van der Waals surface area contributed by atoms with Crippen LogP contribution in [0.5, 0.6) is 0 Å². The van der Waals surface area contributed by atoms with Crippen LogP contribution in [-0.2, 0) is 5.54 Å². The van der Waals surface area contributed by atoms with Crippen LogP contribution in [0.3, 0.4) is 0 Å². The molecule has 102 valence electrons. The van der Waals surface area contributed by atoms with E-state index >= 15 is 0 Å². The zero-order chi connectivity index (χ0) is 13.5. The van der Waals surface area contributed by atoms with Crippen molar-refractivity contribution in [2.24, 2.45) is 0 Å². The van der Waals surface area contributed by atoms with Crippen molar-refractivity contribution < 1.29 is 0 Å². The number of aromatic nitrogens is 3. The molecule has 0 bridgehead atoms. The Kier molecular flexibility index (Phi) is 3.29. The van der Waals surface area contributed by atoms with Crippen LogP contribution in [0.1, 0.15) is 45.4 Å². The first-order valence-corrected chi connectivity index (χ1v) is 8.14. The normalized spacial score (nSPS) is 20.9. The van der Waals surface area contributed by atoms with Crippen molar-refractivity contribution in [2.75, 3.05) is 11.5 Å². The third-order valence-electron chi connectivity index (χ3n) is 3.64. The minimum atomic E-state index is 0.0283. The second kappa shape index (κ2) is 4.82. The lowest BCUT2D eigenvalue weighted by Crippen LogP contribution is -2.27. The number of nitrogens with zero attached hydrogens (tertiary/aromatic N) is 3. The van der Waals surface area contributed by atoms with Gasteiger partial charge in [0.25, 0.3) is 0 Å². The van der Waals surface area contributed by atoms with Crippen LogP contribution in [-0.4, -0.2) is 26.0 Å². The maximum atomic E-state index is 4.89. The fraction of sp³-hybridized carbons (Fsp3) is 0.600. The Labute approximate surface area is 118 Å². The van der Waals surface area contributed by atoms with Gasteiger partial charge in [-0.1, -0.05) is 0 Å². The highest BCUT2D eigenvalue weighted by molar-refractivity contribution is 7.99. The summed E-state index contributed by atoms with van der Waals surface area (Å²) >= 11 is 2.05. The summed E-state index contributed by atoms with van der Waals surface area (Å²) in [7, 11) is 0. The average Bonchev–Trinajstić information content (AvgIpc) is 2.79. The Hall–Kier alpha value is -1.03. The van der Waals surface area contributed by atoms with Crippen LogP contribution in [0.15, 0.2) is 18.3 Å². The minimum Gasteiger partial charge on any atom is -0.307 e. The number of rotatable bonds is 1. The standard InChI is InChI=1S/C15H21N3S/c1-15(2,3)18-13(11-6-5-9-19-10-11)17-12-7-4-8-16-14(12)18/h4,7-8,11H,5-6,9-10H2,1-3H3. The summed E-state index contributed by atoms with van der Waals surface area (Å²) in [5, 5.41) is 0. The van der Waals surface area contributed by atoms with Crippen molar-refractivity contribution in [1.82, 2.24) is 14.5 Å². The quantitative estimate of drug-likeness (QED) is 0.793. The molecule has 1 unspecified atom stereocenters. The highest BCUT2D eigenvalue weighted by Crippen LogP contribution is 2.35. The number of imidazole rings is 1. The fourth-order valence-electron chi connectivity index (χ4n) is 2.81. The molecule has 3 heterocycles. The molecule has 0 N–H and O–H groups in total. The lowest BCUT2D eigenvalue weighted by Gasteiger charge is -2.28. The Morgan fingerprint density at radius 1 is 1.37 bits per heavy atom. The molecule has 1 saturated heterocycles. The summed E-state index contributed by atoms with van der Waals surface area (Å²) in [6.45, 7) is 6.72. The van der Waals surface area contributed by atoms with Crippen LogP contribution in [0, 0.1) is 0 Å². The first-order valence-electron chi connectivity index (χ1n) is 6.99. The van der Waals surface area contributed by atoms with Gasteiger partial charge in [-0.05, 0) is 51.5 Å². The number of fused-ring (bicyclic) bond motifs is 1. The zero-order valence-corrected chi connectivity index (χ0v) is 12.7. The van der Waals surface area contributed by atoms with E-state index in [4.69, 9.17) is 4.98 Å². The van der Waals surface area contributed by atoms with Crippen LogP contribution < -0.4 is 0 Å². The molecule has 1 atom stereocenters. The number of hydrogen-bond donors (Lipinski definition) is 0. The van der Waals surface area contributed by atoms with E-state index in [0.29, 0.717) is 5.92 Å². The molecular formula is C15H21N3S. The summed E-state index contributed by atoms with van der Waals surface area (Å²) in [4.78, 5) is 9.45. The molecule has 0 spiro atoms. The monoisotopic (exact) mass is 275 g/mol. The summed E-state index contributed by atoms with van der Waals surface area (Å²) in [5.41, 5.74) is 2.09. The molecule has 2 aromatic heterocycles. The third-order valence-corrected chi connectivity index (χ3v) is 4.85. The first kappa shape index (κ1) is 13.0. The number of thioether (sulfide) groups is 1. The minimum absolute atomic E-state index is 0.0283. The molecule has 1 fully saturated rings. The smallest absolute Gasteiger partial charge is 0.160 e. The van der Waals surface area contributed by atoms with Gasteiger partial charge in [-0.15, -0.1) is 0 Å². The zero-order valence-electron chi connectivity index (χ0n) is 11.9. The van der Waals surface area contributed by atoms with Crippen molar-refractivity contribution in [2.45, 2.75) is 45.1 Å². The van der Waals surface area contributed by atoms with Crippen LogP contribution in [0.25, 0.3) is 11.2 Å². The van der Waals surface area contributed by atoms with Crippen molar-refractivity contribution >= 4 is 22.9 Å². The van der Waals surface area contributed by atoms with Gasteiger partial charge < -0.3 is 4.57 Å². The van der Waals surface area contributed by atoms with Crippen molar-refractivity contribution in [3.05, 3.63) is 24.2 Å². The van der Waals surface area contributed by atoms with Gasteiger partial charge in [-0.2, -0.15) is 11.8 Å². The van der Waals surface area contributed by atoms with Gasteiger partial charge >= 0.3 is 0 Å². The highest BCUT2D eigenvalue weighted by Gasteiger charge is 2.28. The van der Waals surface area contributed by atoms with Gasteiger partial charge in [-0.25, -0.2) is 9.97 Å². The molecule has 3 nitrogen and oxygen atoms in total. The molecule has 4 heteroatoms. The summed E-state index contributed by atoms with van der Waals surface area (Å²) in [6.07, 6.45) is 4.42. The van der Waals surface area contributed by atoms with E-state index in [0.717, 1.165) is 11.2 Å². The van der Waals surface area contributed by atoms with E-state index < -0.39 is 0 Å². The highest BCUT2D eigenvalue weighted by atomic mass is 32.2. The summed E-state index contributed by atoms with van der Waals surface area (Å²) in [6, 6.07) is 4.05. The maximum Gasteiger partial charge on any atom is 0.160 e. The summed E-state index contributed by atoms with van der Waals surface area (Å²) in [5.74, 6) is 4.30. The Morgan fingerprint density at radius 2 is 2.21 bits per heavy atom. The Balaban J connectivity index is 2.17. The average molecular weight is 275 g/mol. The topological polar surface area (TPSA) is 30.7 Å². The van der Waals surface area contributed by atoms with Gasteiger partial charge in [0.05, 0.1) is 0 Å². The van der Waals surface area contributed by atoms with E-state index in [1.807, 2.05) is 12.3 Å². The lowest BCUT2D eigenvalue weighted by atomic mass is 10.0. The predicted molar refractivity (Wildman–Crippen MR) is 81.8 cm³/mol. The van der Waals surface area contributed by atoms with Gasteiger partial charge in [0.1, 0.15) is 11.3 Å². The number of pyridine rings is 1. The van der Waals surface area contributed by atoms with Crippen LogP contribution >= 0.6 is 11.8 Å². The second-order valence-corrected chi connectivity index (χ2v) is 7.39. The predicted octanol–water partition coefficient (Wildman–Crippen LogP) is 3.80. The molecule has 1 aliphatic rings. The van der Waals surface area contributed by atoms with Crippen LogP contribution in [0.4, 0.5) is 0 Å². The lowest BCUT2D eigenvalue weighted by molar-refractivity contribution is 0.380. The van der Waals surface area contributed by atoms with E-state index in [9.17, 15) is 0 Å². The SMILES string of the molecule is CC(C)(C)n1c(C2CCCSC2)nc2cccnc21. The Morgan fingerprint density at radius 3 is 2.89 bits per heavy atom. The molecule has 0 aromatic carbocycles.